The third-order valence-corrected chi connectivity index (χ3v) is 3.08. The Morgan fingerprint density at radius 1 is 1.58 bits per heavy atom. The van der Waals surface area contributed by atoms with Crippen LogP contribution < -0.4 is 5.73 Å². The summed E-state index contributed by atoms with van der Waals surface area (Å²) in [6, 6.07) is 0.234. The van der Waals surface area contributed by atoms with Crippen LogP contribution in [0.2, 0.25) is 0 Å². The first-order valence-corrected chi connectivity index (χ1v) is 5.80. The zero-order chi connectivity index (χ0) is 8.97. The Kier molecular flexibility index (Phi) is 4.40. The van der Waals surface area contributed by atoms with Crippen LogP contribution in [0.5, 0.6) is 0 Å². The number of hydrogen-bond acceptors (Lipinski definition) is 3. The van der Waals surface area contributed by atoms with Crippen LogP contribution in [0, 0.1) is 5.92 Å². The van der Waals surface area contributed by atoms with Crippen LogP contribution in [-0.2, 0) is 4.74 Å². The summed E-state index contributed by atoms with van der Waals surface area (Å²) < 4.78 is 5.59. The molecule has 72 valence electrons. The zero-order valence-electron chi connectivity index (χ0n) is 7.95. The Balaban J connectivity index is 2.24. The van der Waals surface area contributed by atoms with Gasteiger partial charge in [-0.3, -0.25) is 0 Å². The molecule has 3 heteroatoms. The van der Waals surface area contributed by atoms with Crippen LogP contribution in [0.4, 0.5) is 0 Å². The minimum atomic E-state index is 0.234. The Hall–Kier alpha value is 0.270. The first kappa shape index (κ1) is 10.4. The summed E-state index contributed by atoms with van der Waals surface area (Å²) in [5.41, 5.74) is 6.01. The van der Waals surface area contributed by atoms with E-state index < -0.39 is 0 Å². The lowest BCUT2D eigenvalue weighted by Crippen LogP contribution is -2.41. The smallest absolute Gasteiger partial charge is 0.0816 e. The summed E-state index contributed by atoms with van der Waals surface area (Å²) in [6.45, 7) is 5.28. The van der Waals surface area contributed by atoms with Gasteiger partial charge in [-0.25, -0.2) is 0 Å². The summed E-state index contributed by atoms with van der Waals surface area (Å²) in [5.74, 6) is 2.88. The van der Waals surface area contributed by atoms with E-state index in [9.17, 15) is 0 Å². The molecule has 1 heterocycles. The molecule has 0 aromatic heterocycles. The fourth-order valence-corrected chi connectivity index (χ4v) is 2.41. The number of hydrogen-bond donors (Lipinski definition) is 1. The second-order valence-corrected chi connectivity index (χ2v) is 4.93. The van der Waals surface area contributed by atoms with Crippen molar-refractivity contribution in [3.63, 3.8) is 0 Å². The third kappa shape index (κ3) is 3.33. The van der Waals surface area contributed by atoms with E-state index in [1.165, 1.54) is 0 Å². The van der Waals surface area contributed by atoms with E-state index in [-0.39, 0.29) is 6.04 Å². The third-order valence-electron chi connectivity index (χ3n) is 2.06. The highest BCUT2D eigenvalue weighted by atomic mass is 32.2. The highest BCUT2D eigenvalue weighted by molar-refractivity contribution is 7.99. The van der Waals surface area contributed by atoms with Gasteiger partial charge in [0, 0.05) is 17.5 Å². The number of thioether (sulfide) groups is 1. The molecule has 1 aliphatic heterocycles. The molecule has 0 bridgehead atoms. The summed E-state index contributed by atoms with van der Waals surface area (Å²) >= 11 is 1.95. The number of ether oxygens (including phenoxy) is 1. The Bertz CT molecular complexity index is 124. The molecule has 1 rings (SSSR count). The van der Waals surface area contributed by atoms with Crippen LogP contribution in [0.15, 0.2) is 0 Å². The maximum absolute atomic E-state index is 6.01. The molecule has 2 N–H and O–H groups in total. The largest absolute Gasteiger partial charge is 0.375 e. The van der Waals surface area contributed by atoms with Gasteiger partial charge in [-0.15, -0.1) is 0 Å². The van der Waals surface area contributed by atoms with Gasteiger partial charge in [0.25, 0.3) is 0 Å². The summed E-state index contributed by atoms with van der Waals surface area (Å²) in [7, 11) is 0. The van der Waals surface area contributed by atoms with E-state index in [2.05, 4.69) is 13.8 Å². The van der Waals surface area contributed by atoms with Gasteiger partial charge in [0.2, 0.25) is 0 Å². The topological polar surface area (TPSA) is 35.2 Å². The molecule has 0 saturated carbocycles. The summed E-state index contributed by atoms with van der Waals surface area (Å²) in [5, 5.41) is 0. The van der Waals surface area contributed by atoms with Gasteiger partial charge in [0.1, 0.15) is 0 Å². The molecule has 1 fully saturated rings. The second kappa shape index (κ2) is 5.10. The van der Waals surface area contributed by atoms with Crippen LogP contribution in [0.3, 0.4) is 0 Å². The highest BCUT2D eigenvalue weighted by Gasteiger charge is 2.21. The lowest BCUT2D eigenvalue weighted by Gasteiger charge is -2.28. The Morgan fingerprint density at radius 3 is 2.83 bits per heavy atom. The summed E-state index contributed by atoms with van der Waals surface area (Å²) in [6.07, 6.45) is 1.37. The monoisotopic (exact) mass is 189 g/mol. The quantitative estimate of drug-likeness (QED) is 0.730. The Labute approximate surface area is 79.2 Å². The average molecular weight is 189 g/mol. The SMILES string of the molecule is CC(C)CC(N)C1CSCCO1. The molecular formula is C9H19NOS. The standard InChI is InChI=1S/C9H19NOS/c1-7(2)5-8(10)9-6-12-4-3-11-9/h7-9H,3-6,10H2,1-2H3. The van der Waals surface area contributed by atoms with Crippen LogP contribution >= 0.6 is 11.8 Å². The van der Waals surface area contributed by atoms with Gasteiger partial charge in [-0.2, -0.15) is 11.8 Å². The van der Waals surface area contributed by atoms with Crippen LogP contribution in [-0.4, -0.2) is 30.3 Å². The van der Waals surface area contributed by atoms with Gasteiger partial charge in [-0.05, 0) is 12.3 Å². The maximum Gasteiger partial charge on any atom is 0.0816 e. The van der Waals surface area contributed by atoms with Crippen LogP contribution in [0.1, 0.15) is 20.3 Å². The molecule has 1 saturated heterocycles. The van der Waals surface area contributed by atoms with Gasteiger partial charge in [0.05, 0.1) is 12.7 Å². The lowest BCUT2D eigenvalue weighted by atomic mass is 10.0. The van der Waals surface area contributed by atoms with Crippen molar-refractivity contribution in [2.24, 2.45) is 11.7 Å². The molecule has 2 unspecified atom stereocenters. The predicted octanol–water partition coefficient (Wildman–Crippen LogP) is 1.49. The average Bonchev–Trinajstić information content (AvgIpc) is 2.05. The van der Waals surface area contributed by atoms with Crippen LogP contribution in [0.25, 0.3) is 0 Å². The Morgan fingerprint density at radius 2 is 2.33 bits per heavy atom. The molecular weight excluding hydrogens is 170 g/mol. The number of rotatable bonds is 3. The van der Waals surface area contributed by atoms with Gasteiger partial charge in [-0.1, -0.05) is 13.8 Å². The molecule has 0 aliphatic carbocycles. The molecule has 1 aliphatic rings. The fraction of sp³-hybridized carbons (Fsp3) is 1.00. The normalized spacial score (nSPS) is 27.5. The highest BCUT2D eigenvalue weighted by Crippen LogP contribution is 2.17. The van der Waals surface area contributed by atoms with Crippen molar-refractivity contribution in [1.82, 2.24) is 0 Å². The lowest BCUT2D eigenvalue weighted by molar-refractivity contribution is 0.0521. The molecule has 0 amide bonds. The molecule has 12 heavy (non-hydrogen) atoms. The van der Waals surface area contributed by atoms with Crippen molar-refractivity contribution in [2.45, 2.75) is 32.4 Å². The fourth-order valence-electron chi connectivity index (χ4n) is 1.45. The van der Waals surface area contributed by atoms with Crippen molar-refractivity contribution in [1.29, 1.82) is 0 Å². The van der Waals surface area contributed by atoms with E-state index in [4.69, 9.17) is 10.5 Å². The molecule has 0 aromatic rings. The first-order valence-electron chi connectivity index (χ1n) is 4.65. The van der Waals surface area contributed by atoms with Gasteiger partial charge >= 0.3 is 0 Å². The minimum Gasteiger partial charge on any atom is -0.375 e. The molecule has 2 atom stereocenters. The molecule has 0 spiro atoms. The van der Waals surface area contributed by atoms with Crippen molar-refractivity contribution in [2.75, 3.05) is 18.1 Å². The molecule has 2 nitrogen and oxygen atoms in total. The van der Waals surface area contributed by atoms with Gasteiger partial charge < -0.3 is 10.5 Å². The van der Waals surface area contributed by atoms with E-state index in [1.54, 1.807) is 0 Å². The van der Waals surface area contributed by atoms with E-state index in [0.29, 0.717) is 12.0 Å². The van der Waals surface area contributed by atoms with E-state index in [1.807, 2.05) is 11.8 Å². The van der Waals surface area contributed by atoms with E-state index in [0.717, 1.165) is 24.5 Å². The van der Waals surface area contributed by atoms with E-state index >= 15 is 0 Å². The van der Waals surface area contributed by atoms with Crippen molar-refractivity contribution >= 4 is 11.8 Å². The summed E-state index contributed by atoms with van der Waals surface area (Å²) in [4.78, 5) is 0. The second-order valence-electron chi connectivity index (χ2n) is 3.78. The van der Waals surface area contributed by atoms with Crippen molar-refractivity contribution in [3.05, 3.63) is 0 Å². The molecule has 0 radical (unpaired) electrons. The zero-order valence-corrected chi connectivity index (χ0v) is 8.77. The molecule has 0 aromatic carbocycles. The first-order chi connectivity index (χ1) is 5.70. The van der Waals surface area contributed by atoms with Gasteiger partial charge in [0.15, 0.2) is 0 Å². The van der Waals surface area contributed by atoms with Crippen molar-refractivity contribution in [3.8, 4) is 0 Å². The minimum absolute atomic E-state index is 0.234. The predicted molar refractivity (Wildman–Crippen MR) is 54.5 cm³/mol. The maximum atomic E-state index is 6.01. The number of nitrogens with two attached hydrogens (primary N) is 1. The van der Waals surface area contributed by atoms with Crippen molar-refractivity contribution < 1.29 is 4.74 Å².